The minimum absolute atomic E-state index is 0.505. The van der Waals surface area contributed by atoms with E-state index in [0.717, 1.165) is 12.2 Å². The van der Waals surface area contributed by atoms with Crippen LogP contribution < -0.4 is 11.1 Å². The van der Waals surface area contributed by atoms with E-state index in [9.17, 15) is 0 Å². The fraction of sp³-hybridized carbons (Fsp3) is 0.400. The largest absolute Gasteiger partial charge is 0.398 e. The molecule has 0 saturated carbocycles. The van der Waals surface area contributed by atoms with Crippen molar-refractivity contribution >= 4 is 5.69 Å². The summed E-state index contributed by atoms with van der Waals surface area (Å²) < 4.78 is 0. The molecule has 1 aliphatic rings. The molecule has 0 bridgehead atoms. The van der Waals surface area contributed by atoms with Gasteiger partial charge in [0, 0.05) is 11.7 Å². The first-order valence-corrected chi connectivity index (χ1v) is 4.37. The second-order valence-electron chi connectivity index (χ2n) is 3.37. The Bertz CT molecular complexity index is 290. The summed E-state index contributed by atoms with van der Waals surface area (Å²) in [5.41, 5.74) is 9.35. The lowest BCUT2D eigenvalue weighted by Gasteiger charge is -2.29. The van der Waals surface area contributed by atoms with Gasteiger partial charge in [-0.15, -0.1) is 0 Å². The average Bonchev–Trinajstić information content (AvgIpc) is 1.95. The lowest BCUT2D eigenvalue weighted by atomic mass is 9.95. The Kier molecular flexibility index (Phi) is 1.77. The molecule has 0 aliphatic carbocycles. The van der Waals surface area contributed by atoms with Crippen molar-refractivity contribution in [1.29, 1.82) is 0 Å². The molecule has 1 saturated heterocycles. The van der Waals surface area contributed by atoms with E-state index in [-0.39, 0.29) is 0 Å². The predicted octanol–water partition coefficient (Wildman–Crippen LogP) is 1.61. The zero-order valence-electron chi connectivity index (χ0n) is 7.30. The summed E-state index contributed by atoms with van der Waals surface area (Å²) in [6, 6.07) is 6.74. The molecule has 0 spiro atoms. The van der Waals surface area contributed by atoms with Crippen LogP contribution in [0.1, 0.15) is 23.6 Å². The molecule has 1 fully saturated rings. The molecule has 1 atom stereocenters. The number of nitrogens with two attached hydrogens (primary N) is 1. The molecular weight excluding hydrogens is 148 g/mol. The Hall–Kier alpha value is -1.02. The summed E-state index contributed by atoms with van der Waals surface area (Å²) in [6.07, 6.45) is 1.22. The van der Waals surface area contributed by atoms with Crippen molar-refractivity contribution in [3.05, 3.63) is 29.3 Å². The number of anilines is 1. The number of nitrogens with one attached hydrogen (secondary N) is 1. The number of nitrogen functional groups attached to an aromatic ring is 1. The van der Waals surface area contributed by atoms with Crippen LogP contribution in [0.4, 0.5) is 5.69 Å². The van der Waals surface area contributed by atoms with E-state index in [1.807, 2.05) is 0 Å². The second kappa shape index (κ2) is 2.79. The van der Waals surface area contributed by atoms with Crippen LogP contribution in [0.3, 0.4) is 0 Å². The molecule has 0 radical (unpaired) electrons. The van der Waals surface area contributed by atoms with Gasteiger partial charge in [0.25, 0.3) is 0 Å². The van der Waals surface area contributed by atoms with Gasteiger partial charge in [0.15, 0.2) is 0 Å². The molecule has 2 nitrogen and oxygen atoms in total. The minimum Gasteiger partial charge on any atom is -0.398 e. The number of rotatable bonds is 1. The van der Waals surface area contributed by atoms with Gasteiger partial charge in [0.05, 0.1) is 0 Å². The van der Waals surface area contributed by atoms with Gasteiger partial charge in [-0.05, 0) is 31.0 Å². The van der Waals surface area contributed by atoms with Crippen molar-refractivity contribution in [3.8, 4) is 0 Å². The Balaban J connectivity index is 2.36. The lowest BCUT2D eigenvalue weighted by molar-refractivity contribution is 0.384. The molecule has 64 valence electrons. The molecule has 2 heteroatoms. The van der Waals surface area contributed by atoms with E-state index < -0.39 is 0 Å². The zero-order chi connectivity index (χ0) is 8.55. The molecule has 12 heavy (non-hydrogen) atoms. The maximum atomic E-state index is 5.95. The van der Waals surface area contributed by atoms with Gasteiger partial charge in [0.1, 0.15) is 0 Å². The molecule has 0 unspecified atom stereocenters. The first-order chi connectivity index (χ1) is 5.79. The fourth-order valence-electron chi connectivity index (χ4n) is 1.56. The highest BCUT2D eigenvalue weighted by Crippen LogP contribution is 2.29. The molecule has 0 amide bonds. The molecule has 2 rings (SSSR count). The van der Waals surface area contributed by atoms with E-state index in [0.29, 0.717) is 6.04 Å². The van der Waals surface area contributed by atoms with Gasteiger partial charge >= 0.3 is 0 Å². The fourth-order valence-corrected chi connectivity index (χ4v) is 1.56. The summed E-state index contributed by atoms with van der Waals surface area (Å²) in [7, 11) is 0. The van der Waals surface area contributed by atoms with Crippen molar-refractivity contribution < 1.29 is 0 Å². The molecule has 3 N–H and O–H groups in total. The van der Waals surface area contributed by atoms with Gasteiger partial charge in [-0.2, -0.15) is 0 Å². The minimum atomic E-state index is 0.505. The highest BCUT2D eigenvalue weighted by molar-refractivity contribution is 5.54. The summed E-state index contributed by atoms with van der Waals surface area (Å²) in [5, 5.41) is 3.35. The third-order valence-electron chi connectivity index (χ3n) is 2.56. The van der Waals surface area contributed by atoms with E-state index in [4.69, 9.17) is 5.73 Å². The maximum Gasteiger partial charge on any atom is 0.0392 e. The lowest BCUT2D eigenvalue weighted by Crippen LogP contribution is -2.35. The van der Waals surface area contributed by atoms with Crippen LogP contribution in [0.15, 0.2) is 18.2 Å². The van der Waals surface area contributed by atoms with Gasteiger partial charge in [0.2, 0.25) is 0 Å². The standard InChI is InChI=1S/C10H14N2/c1-7-3-2-4-8(10(7)11)9-5-6-12-9/h2-4,9,12H,5-6,11H2,1H3/t9-/m0/s1. The van der Waals surface area contributed by atoms with Crippen molar-refractivity contribution in [2.75, 3.05) is 12.3 Å². The SMILES string of the molecule is Cc1cccc([C@@H]2CCN2)c1N. The Morgan fingerprint density at radius 2 is 2.25 bits per heavy atom. The van der Waals surface area contributed by atoms with E-state index in [1.54, 1.807) is 0 Å². The smallest absolute Gasteiger partial charge is 0.0392 e. The molecule has 0 aromatic heterocycles. The topological polar surface area (TPSA) is 38.0 Å². The summed E-state index contributed by atoms with van der Waals surface area (Å²) in [4.78, 5) is 0. The van der Waals surface area contributed by atoms with Crippen LogP contribution in [-0.2, 0) is 0 Å². The molecule has 1 aromatic rings. The Morgan fingerprint density at radius 1 is 1.50 bits per heavy atom. The Morgan fingerprint density at radius 3 is 2.83 bits per heavy atom. The van der Waals surface area contributed by atoms with E-state index >= 15 is 0 Å². The van der Waals surface area contributed by atoms with Gasteiger partial charge in [-0.1, -0.05) is 18.2 Å². The van der Waals surface area contributed by atoms with Crippen molar-refractivity contribution in [2.45, 2.75) is 19.4 Å². The van der Waals surface area contributed by atoms with Crippen molar-refractivity contribution in [3.63, 3.8) is 0 Å². The van der Waals surface area contributed by atoms with Gasteiger partial charge < -0.3 is 11.1 Å². The summed E-state index contributed by atoms with van der Waals surface area (Å²) >= 11 is 0. The summed E-state index contributed by atoms with van der Waals surface area (Å²) in [6.45, 7) is 3.18. The number of para-hydroxylation sites is 1. The third-order valence-corrected chi connectivity index (χ3v) is 2.56. The monoisotopic (exact) mass is 162 g/mol. The van der Waals surface area contributed by atoms with E-state index in [2.05, 4.69) is 30.4 Å². The first-order valence-electron chi connectivity index (χ1n) is 4.37. The second-order valence-corrected chi connectivity index (χ2v) is 3.37. The van der Waals surface area contributed by atoms with Crippen LogP contribution in [-0.4, -0.2) is 6.54 Å². The van der Waals surface area contributed by atoms with Gasteiger partial charge in [-0.25, -0.2) is 0 Å². The normalized spacial score (nSPS) is 21.9. The van der Waals surface area contributed by atoms with Crippen LogP contribution >= 0.6 is 0 Å². The van der Waals surface area contributed by atoms with Crippen LogP contribution in [0.25, 0.3) is 0 Å². The van der Waals surface area contributed by atoms with Crippen LogP contribution in [0.5, 0.6) is 0 Å². The van der Waals surface area contributed by atoms with Gasteiger partial charge in [-0.3, -0.25) is 0 Å². The predicted molar refractivity (Wildman–Crippen MR) is 51.0 cm³/mol. The first kappa shape index (κ1) is 7.62. The van der Waals surface area contributed by atoms with E-state index in [1.165, 1.54) is 17.5 Å². The zero-order valence-corrected chi connectivity index (χ0v) is 7.30. The van der Waals surface area contributed by atoms with Crippen molar-refractivity contribution in [1.82, 2.24) is 5.32 Å². The molecule has 1 aromatic carbocycles. The average molecular weight is 162 g/mol. The number of aryl methyl sites for hydroxylation is 1. The molecule has 1 heterocycles. The third kappa shape index (κ3) is 1.08. The summed E-state index contributed by atoms with van der Waals surface area (Å²) in [5.74, 6) is 0. The molecular formula is C10H14N2. The highest BCUT2D eigenvalue weighted by Gasteiger charge is 2.20. The highest BCUT2D eigenvalue weighted by atomic mass is 15.0. The maximum absolute atomic E-state index is 5.95. The Labute approximate surface area is 72.8 Å². The quantitative estimate of drug-likeness (QED) is 0.616. The number of hydrogen-bond acceptors (Lipinski definition) is 2. The van der Waals surface area contributed by atoms with Crippen molar-refractivity contribution in [2.24, 2.45) is 0 Å². The molecule has 1 aliphatic heterocycles. The number of hydrogen-bond donors (Lipinski definition) is 2. The number of benzene rings is 1. The van der Waals surface area contributed by atoms with Crippen LogP contribution in [0.2, 0.25) is 0 Å². The van der Waals surface area contributed by atoms with Crippen LogP contribution in [0, 0.1) is 6.92 Å².